The number of fused-ring (bicyclic) bond motifs is 1. The summed E-state index contributed by atoms with van der Waals surface area (Å²) >= 11 is 0. The molecule has 2 rings (SSSR count). The van der Waals surface area contributed by atoms with Gasteiger partial charge in [0.25, 0.3) is 0 Å². The van der Waals surface area contributed by atoms with Gasteiger partial charge in [0, 0.05) is 32.3 Å². The van der Waals surface area contributed by atoms with Gasteiger partial charge in [-0.1, -0.05) is 6.42 Å². The Morgan fingerprint density at radius 3 is 3.07 bits per heavy atom. The van der Waals surface area contributed by atoms with Gasteiger partial charge in [-0.05, 0) is 38.8 Å². The molecule has 0 aromatic heterocycles. The summed E-state index contributed by atoms with van der Waals surface area (Å²) < 4.78 is 5.06. The minimum atomic E-state index is 0.752. The van der Waals surface area contributed by atoms with E-state index in [2.05, 4.69) is 10.2 Å². The predicted octanol–water partition coefficient (Wildman–Crippen LogP) is 1.24. The van der Waals surface area contributed by atoms with Crippen LogP contribution in [0.4, 0.5) is 0 Å². The number of nitrogens with one attached hydrogen (secondary N) is 1. The number of piperidine rings is 1. The van der Waals surface area contributed by atoms with Gasteiger partial charge < -0.3 is 10.1 Å². The fraction of sp³-hybridized carbons (Fsp3) is 1.00. The third-order valence-electron chi connectivity index (χ3n) is 3.79. The molecular formula is C12H24N2O. The third kappa shape index (κ3) is 2.92. The Balaban J connectivity index is 1.69. The van der Waals surface area contributed by atoms with Gasteiger partial charge in [-0.2, -0.15) is 0 Å². The molecule has 0 spiro atoms. The molecular weight excluding hydrogens is 188 g/mol. The van der Waals surface area contributed by atoms with Crippen LogP contribution in [0, 0.1) is 0 Å². The number of nitrogens with zero attached hydrogens (tertiary/aromatic N) is 1. The first-order valence-electron chi connectivity index (χ1n) is 6.38. The highest BCUT2D eigenvalue weighted by Gasteiger charge is 2.34. The largest absolute Gasteiger partial charge is 0.385 e. The molecule has 2 aliphatic rings. The summed E-state index contributed by atoms with van der Waals surface area (Å²) in [4.78, 5) is 2.68. The van der Waals surface area contributed by atoms with Crippen LogP contribution in [0.5, 0.6) is 0 Å². The van der Waals surface area contributed by atoms with Crippen molar-refractivity contribution in [2.24, 2.45) is 0 Å². The Morgan fingerprint density at radius 1 is 1.27 bits per heavy atom. The highest BCUT2D eigenvalue weighted by molar-refractivity contribution is 4.93. The molecule has 2 heterocycles. The van der Waals surface area contributed by atoms with Crippen molar-refractivity contribution in [3.63, 3.8) is 0 Å². The molecule has 2 unspecified atom stereocenters. The van der Waals surface area contributed by atoms with Crippen molar-refractivity contribution in [3.05, 3.63) is 0 Å². The van der Waals surface area contributed by atoms with Gasteiger partial charge in [0.15, 0.2) is 0 Å². The fourth-order valence-corrected chi connectivity index (χ4v) is 2.99. The molecule has 2 fully saturated rings. The van der Waals surface area contributed by atoms with Crippen LogP contribution in [0.25, 0.3) is 0 Å². The van der Waals surface area contributed by atoms with Crippen LogP contribution in [-0.2, 0) is 4.74 Å². The number of ether oxygens (including phenoxy) is 1. The highest BCUT2D eigenvalue weighted by Crippen LogP contribution is 2.26. The smallest absolute Gasteiger partial charge is 0.0474 e. The minimum absolute atomic E-state index is 0.752. The monoisotopic (exact) mass is 212 g/mol. The quantitative estimate of drug-likeness (QED) is 0.694. The maximum atomic E-state index is 5.06. The second-order valence-electron chi connectivity index (χ2n) is 4.79. The minimum Gasteiger partial charge on any atom is -0.385 e. The first-order chi connectivity index (χ1) is 7.42. The molecule has 0 aromatic carbocycles. The van der Waals surface area contributed by atoms with Crippen molar-refractivity contribution in [1.29, 1.82) is 0 Å². The van der Waals surface area contributed by atoms with Crippen molar-refractivity contribution >= 4 is 0 Å². The zero-order chi connectivity index (χ0) is 10.5. The van der Waals surface area contributed by atoms with Gasteiger partial charge in [0.1, 0.15) is 0 Å². The number of hydrogen-bond donors (Lipinski definition) is 1. The van der Waals surface area contributed by atoms with Crippen LogP contribution >= 0.6 is 0 Å². The first kappa shape index (κ1) is 11.4. The molecule has 0 aliphatic carbocycles. The molecule has 1 N–H and O–H groups in total. The zero-order valence-electron chi connectivity index (χ0n) is 9.87. The summed E-state index contributed by atoms with van der Waals surface area (Å²) in [5.74, 6) is 0. The lowest BCUT2D eigenvalue weighted by atomic mass is 9.99. The van der Waals surface area contributed by atoms with Crippen molar-refractivity contribution in [3.8, 4) is 0 Å². The van der Waals surface area contributed by atoms with Crippen LogP contribution in [-0.4, -0.2) is 50.3 Å². The second-order valence-corrected chi connectivity index (χ2v) is 4.79. The lowest BCUT2D eigenvalue weighted by Crippen LogP contribution is -2.45. The summed E-state index contributed by atoms with van der Waals surface area (Å²) in [6.45, 7) is 4.64. The van der Waals surface area contributed by atoms with E-state index in [9.17, 15) is 0 Å². The van der Waals surface area contributed by atoms with Gasteiger partial charge in [0.05, 0.1) is 0 Å². The summed E-state index contributed by atoms with van der Waals surface area (Å²) in [5, 5.41) is 3.69. The number of methoxy groups -OCH3 is 1. The Labute approximate surface area is 93.2 Å². The Morgan fingerprint density at radius 2 is 2.20 bits per heavy atom. The lowest BCUT2D eigenvalue weighted by molar-refractivity contribution is 0.173. The Bertz CT molecular complexity index is 186. The summed E-state index contributed by atoms with van der Waals surface area (Å²) in [6.07, 6.45) is 6.73. The zero-order valence-corrected chi connectivity index (χ0v) is 9.87. The highest BCUT2D eigenvalue weighted by atomic mass is 16.5. The van der Waals surface area contributed by atoms with Gasteiger partial charge in [-0.25, -0.2) is 0 Å². The van der Waals surface area contributed by atoms with Crippen LogP contribution < -0.4 is 5.32 Å². The molecule has 0 saturated carbocycles. The van der Waals surface area contributed by atoms with E-state index >= 15 is 0 Å². The van der Waals surface area contributed by atoms with Crippen molar-refractivity contribution in [1.82, 2.24) is 10.2 Å². The Kier molecular flexibility index (Phi) is 4.42. The molecule has 3 heteroatoms. The van der Waals surface area contributed by atoms with Crippen LogP contribution in [0.2, 0.25) is 0 Å². The number of hydrogen-bond acceptors (Lipinski definition) is 3. The molecule has 88 valence electrons. The molecule has 2 saturated heterocycles. The van der Waals surface area contributed by atoms with E-state index in [0.717, 1.165) is 31.7 Å². The molecule has 0 amide bonds. The predicted molar refractivity (Wildman–Crippen MR) is 62.1 cm³/mol. The second kappa shape index (κ2) is 5.83. The normalized spacial score (nSPS) is 31.8. The van der Waals surface area contributed by atoms with Gasteiger partial charge >= 0.3 is 0 Å². The van der Waals surface area contributed by atoms with Crippen LogP contribution in [0.15, 0.2) is 0 Å². The fourth-order valence-electron chi connectivity index (χ4n) is 2.99. The summed E-state index contributed by atoms with van der Waals surface area (Å²) in [5.41, 5.74) is 0. The van der Waals surface area contributed by atoms with Crippen LogP contribution in [0.3, 0.4) is 0 Å². The van der Waals surface area contributed by atoms with Crippen LogP contribution in [0.1, 0.15) is 32.1 Å². The van der Waals surface area contributed by atoms with E-state index < -0.39 is 0 Å². The Hall–Kier alpha value is -0.120. The average Bonchev–Trinajstić information content (AvgIpc) is 2.68. The first-order valence-corrected chi connectivity index (χ1v) is 6.38. The topological polar surface area (TPSA) is 24.5 Å². The molecule has 3 nitrogen and oxygen atoms in total. The van der Waals surface area contributed by atoms with Gasteiger partial charge in [-0.15, -0.1) is 0 Å². The molecule has 15 heavy (non-hydrogen) atoms. The molecule has 0 bridgehead atoms. The van der Waals surface area contributed by atoms with Gasteiger partial charge in [0.2, 0.25) is 0 Å². The average molecular weight is 212 g/mol. The van der Waals surface area contributed by atoms with E-state index in [0.29, 0.717) is 0 Å². The van der Waals surface area contributed by atoms with E-state index in [1.165, 1.54) is 38.8 Å². The van der Waals surface area contributed by atoms with Crippen molar-refractivity contribution in [2.75, 3.05) is 33.4 Å². The molecule has 0 radical (unpaired) electrons. The van der Waals surface area contributed by atoms with E-state index in [-0.39, 0.29) is 0 Å². The van der Waals surface area contributed by atoms with Crippen molar-refractivity contribution in [2.45, 2.75) is 44.2 Å². The SMILES string of the molecule is COCCCNC1CCN2CCCCC12. The number of rotatable bonds is 5. The summed E-state index contributed by atoms with van der Waals surface area (Å²) in [7, 11) is 1.78. The van der Waals surface area contributed by atoms with Crippen molar-refractivity contribution < 1.29 is 4.74 Å². The van der Waals surface area contributed by atoms with E-state index in [4.69, 9.17) is 4.74 Å². The standard InChI is InChI=1S/C12H24N2O/c1-15-10-4-7-13-11-6-9-14-8-3-2-5-12(11)14/h11-13H,2-10H2,1H3. The summed E-state index contributed by atoms with van der Waals surface area (Å²) in [6, 6.07) is 1.59. The molecule has 0 aromatic rings. The maximum Gasteiger partial charge on any atom is 0.0474 e. The third-order valence-corrected chi connectivity index (χ3v) is 3.79. The lowest BCUT2D eigenvalue weighted by Gasteiger charge is -2.32. The molecule has 2 atom stereocenters. The van der Waals surface area contributed by atoms with Gasteiger partial charge in [-0.3, -0.25) is 4.90 Å². The maximum absolute atomic E-state index is 5.06. The van der Waals surface area contributed by atoms with E-state index in [1.54, 1.807) is 7.11 Å². The van der Waals surface area contributed by atoms with E-state index in [1.807, 2.05) is 0 Å². The molecule has 2 aliphatic heterocycles.